The van der Waals surface area contributed by atoms with Crippen molar-refractivity contribution in [3.63, 3.8) is 0 Å². The second-order valence-electron chi connectivity index (χ2n) is 7.40. The number of nitrogens with one attached hydrogen (secondary N) is 1. The molecule has 0 saturated carbocycles. The van der Waals surface area contributed by atoms with Gasteiger partial charge in [-0.25, -0.2) is 0 Å². The molecule has 1 atom stereocenters. The Morgan fingerprint density at radius 2 is 1.96 bits per heavy atom. The summed E-state index contributed by atoms with van der Waals surface area (Å²) >= 11 is 0. The van der Waals surface area contributed by atoms with E-state index in [2.05, 4.69) is 35.6 Å². The van der Waals surface area contributed by atoms with E-state index in [4.69, 9.17) is 0 Å². The number of aliphatic hydroxyl groups is 1. The first-order valence-corrected chi connectivity index (χ1v) is 9.32. The molecule has 4 nitrogen and oxygen atoms in total. The summed E-state index contributed by atoms with van der Waals surface area (Å²) in [4.78, 5) is 14.7. The van der Waals surface area contributed by atoms with E-state index in [1.807, 2.05) is 43.0 Å². The number of hydrogen-bond acceptors (Lipinski definition) is 3. The van der Waals surface area contributed by atoms with E-state index in [-0.39, 0.29) is 12.5 Å². The summed E-state index contributed by atoms with van der Waals surface area (Å²) in [6.07, 6.45) is 0.155. The molecule has 3 aromatic rings. The number of β-amino-alcohol motifs (C(OH)–C–C–N with tert-alkyl or cyclic N) is 1. The Hall–Kier alpha value is -2.85. The third-order valence-electron chi connectivity index (χ3n) is 5.18. The number of fused-ring (bicyclic) bond motifs is 3. The zero-order valence-corrected chi connectivity index (χ0v) is 15.7. The van der Waals surface area contributed by atoms with Gasteiger partial charge in [0.2, 0.25) is 5.91 Å². The molecule has 0 radical (unpaired) electrons. The van der Waals surface area contributed by atoms with Crippen molar-refractivity contribution in [1.82, 2.24) is 0 Å². The number of nitrogens with zero attached hydrogens (tertiary/aromatic N) is 1. The first-order chi connectivity index (χ1) is 13.0. The van der Waals surface area contributed by atoms with Gasteiger partial charge in [0, 0.05) is 29.7 Å². The van der Waals surface area contributed by atoms with Gasteiger partial charge in [-0.15, -0.1) is 0 Å². The fourth-order valence-corrected chi connectivity index (χ4v) is 3.96. The lowest BCUT2D eigenvalue weighted by Crippen LogP contribution is -2.43. The van der Waals surface area contributed by atoms with Gasteiger partial charge in [-0.2, -0.15) is 0 Å². The molecule has 4 rings (SSSR count). The van der Waals surface area contributed by atoms with Gasteiger partial charge < -0.3 is 15.3 Å². The third-order valence-corrected chi connectivity index (χ3v) is 5.18. The highest BCUT2D eigenvalue weighted by molar-refractivity contribution is 6.00. The van der Waals surface area contributed by atoms with Crippen molar-refractivity contribution in [1.29, 1.82) is 0 Å². The molecular weight excluding hydrogens is 336 g/mol. The lowest BCUT2D eigenvalue weighted by atomic mass is 9.95. The van der Waals surface area contributed by atoms with Gasteiger partial charge in [-0.1, -0.05) is 54.1 Å². The zero-order valence-electron chi connectivity index (χ0n) is 15.7. The van der Waals surface area contributed by atoms with Crippen LogP contribution in [0.15, 0.2) is 54.6 Å². The minimum atomic E-state index is -0.465. The summed E-state index contributed by atoms with van der Waals surface area (Å²) in [6.45, 7) is 4.71. The van der Waals surface area contributed by atoms with E-state index >= 15 is 0 Å². The highest BCUT2D eigenvalue weighted by Crippen LogP contribution is 2.35. The SMILES string of the molecule is Cc1ccc(NC(=O)CN2C[C@H](O)Cc3ccc4ccccc4c32)c(C)c1. The molecule has 138 valence electrons. The normalized spacial score (nSPS) is 16.3. The van der Waals surface area contributed by atoms with Crippen molar-refractivity contribution in [2.24, 2.45) is 0 Å². The highest BCUT2D eigenvalue weighted by Gasteiger charge is 2.26. The third kappa shape index (κ3) is 3.53. The van der Waals surface area contributed by atoms with E-state index in [0.717, 1.165) is 33.3 Å². The Kier molecular flexibility index (Phi) is 4.58. The fraction of sp³-hybridized carbons (Fsp3) is 0.261. The highest BCUT2D eigenvalue weighted by atomic mass is 16.3. The van der Waals surface area contributed by atoms with Crippen LogP contribution in [-0.4, -0.2) is 30.2 Å². The first kappa shape index (κ1) is 17.6. The lowest BCUT2D eigenvalue weighted by Gasteiger charge is -2.34. The molecule has 0 fully saturated rings. The summed E-state index contributed by atoms with van der Waals surface area (Å²) in [5.74, 6) is -0.0741. The van der Waals surface area contributed by atoms with Crippen LogP contribution in [0.2, 0.25) is 0 Å². The maximum atomic E-state index is 12.7. The zero-order chi connectivity index (χ0) is 19.0. The molecule has 1 aliphatic rings. The van der Waals surface area contributed by atoms with E-state index in [1.54, 1.807) is 0 Å². The minimum Gasteiger partial charge on any atom is -0.391 e. The molecule has 2 N–H and O–H groups in total. The Balaban J connectivity index is 1.63. The van der Waals surface area contributed by atoms with Gasteiger partial charge in [0.05, 0.1) is 12.6 Å². The number of hydrogen-bond donors (Lipinski definition) is 2. The topological polar surface area (TPSA) is 52.6 Å². The number of benzene rings is 3. The van der Waals surface area contributed by atoms with Crippen LogP contribution in [0, 0.1) is 13.8 Å². The summed E-state index contributed by atoms with van der Waals surface area (Å²) in [5.41, 5.74) is 5.21. The number of carbonyl (C=O) groups excluding carboxylic acids is 1. The van der Waals surface area contributed by atoms with Crippen molar-refractivity contribution >= 4 is 28.1 Å². The van der Waals surface area contributed by atoms with Crippen molar-refractivity contribution in [3.05, 3.63) is 71.3 Å². The largest absolute Gasteiger partial charge is 0.391 e. The van der Waals surface area contributed by atoms with Crippen molar-refractivity contribution in [3.8, 4) is 0 Å². The van der Waals surface area contributed by atoms with E-state index < -0.39 is 6.10 Å². The second-order valence-corrected chi connectivity index (χ2v) is 7.40. The van der Waals surface area contributed by atoms with Crippen LogP contribution in [0.4, 0.5) is 11.4 Å². The minimum absolute atomic E-state index is 0.0741. The van der Waals surface area contributed by atoms with Crippen LogP contribution in [0.3, 0.4) is 0 Å². The molecule has 1 heterocycles. The van der Waals surface area contributed by atoms with Gasteiger partial charge in [-0.05, 0) is 36.4 Å². The van der Waals surface area contributed by atoms with Gasteiger partial charge >= 0.3 is 0 Å². The summed E-state index contributed by atoms with van der Waals surface area (Å²) in [5, 5.41) is 15.6. The molecule has 0 bridgehead atoms. The summed E-state index contributed by atoms with van der Waals surface area (Å²) < 4.78 is 0. The number of amides is 1. The molecule has 1 aliphatic heterocycles. The van der Waals surface area contributed by atoms with Gasteiger partial charge in [-0.3, -0.25) is 4.79 Å². The molecule has 4 heteroatoms. The smallest absolute Gasteiger partial charge is 0.243 e. The number of rotatable bonds is 3. The van der Waals surface area contributed by atoms with Crippen molar-refractivity contribution < 1.29 is 9.90 Å². The summed E-state index contributed by atoms with van der Waals surface area (Å²) in [7, 11) is 0. The second kappa shape index (κ2) is 7.05. The molecule has 0 spiro atoms. The van der Waals surface area contributed by atoms with Crippen LogP contribution in [0.25, 0.3) is 10.8 Å². The predicted octanol–water partition coefficient (Wildman–Crippen LogP) is 3.82. The molecule has 27 heavy (non-hydrogen) atoms. The van der Waals surface area contributed by atoms with Crippen LogP contribution < -0.4 is 10.2 Å². The molecule has 0 unspecified atom stereocenters. The van der Waals surface area contributed by atoms with E-state index in [9.17, 15) is 9.90 Å². The molecule has 0 aromatic heterocycles. The van der Waals surface area contributed by atoms with Crippen LogP contribution in [0.5, 0.6) is 0 Å². The average molecular weight is 360 g/mol. The van der Waals surface area contributed by atoms with Crippen LogP contribution in [0.1, 0.15) is 16.7 Å². The number of aryl methyl sites for hydroxylation is 2. The molecule has 0 aliphatic carbocycles. The predicted molar refractivity (Wildman–Crippen MR) is 110 cm³/mol. The number of carbonyl (C=O) groups is 1. The Bertz CT molecular complexity index is 1010. The van der Waals surface area contributed by atoms with E-state index in [0.29, 0.717) is 13.0 Å². The van der Waals surface area contributed by atoms with Gasteiger partial charge in [0.1, 0.15) is 0 Å². The lowest BCUT2D eigenvalue weighted by molar-refractivity contribution is -0.115. The number of anilines is 2. The average Bonchev–Trinajstić information content (AvgIpc) is 2.63. The Morgan fingerprint density at radius 3 is 2.78 bits per heavy atom. The van der Waals surface area contributed by atoms with Gasteiger partial charge in [0.25, 0.3) is 0 Å². The first-order valence-electron chi connectivity index (χ1n) is 9.32. The molecule has 1 amide bonds. The van der Waals surface area contributed by atoms with Gasteiger partial charge in [0.15, 0.2) is 0 Å². The molecular formula is C23H24N2O2. The number of aliphatic hydroxyl groups excluding tert-OH is 1. The van der Waals surface area contributed by atoms with Crippen LogP contribution in [-0.2, 0) is 11.2 Å². The van der Waals surface area contributed by atoms with E-state index in [1.165, 1.54) is 5.56 Å². The summed E-state index contributed by atoms with van der Waals surface area (Å²) in [6, 6.07) is 18.3. The maximum Gasteiger partial charge on any atom is 0.243 e. The fourth-order valence-electron chi connectivity index (χ4n) is 3.96. The van der Waals surface area contributed by atoms with Crippen molar-refractivity contribution in [2.75, 3.05) is 23.3 Å². The Labute approximate surface area is 159 Å². The Morgan fingerprint density at radius 1 is 1.15 bits per heavy atom. The molecule has 0 saturated heterocycles. The monoisotopic (exact) mass is 360 g/mol. The maximum absolute atomic E-state index is 12.7. The van der Waals surface area contributed by atoms with Crippen LogP contribution >= 0.6 is 0 Å². The quantitative estimate of drug-likeness (QED) is 0.747. The standard InChI is InChI=1S/C23H24N2O2/c1-15-7-10-21(16(2)11-15)24-22(27)14-25-13-19(26)12-18-9-8-17-5-3-4-6-20(17)23(18)25/h3-11,19,26H,12-14H2,1-2H3,(H,24,27)/t19-/m1/s1. The van der Waals surface area contributed by atoms with Crippen molar-refractivity contribution in [2.45, 2.75) is 26.4 Å². The molecule has 3 aromatic carbocycles.